The molecule has 0 aliphatic rings. The molecule has 0 spiro atoms. The number of carboxylic acids is 1. The SMILES string of the molecule is Cc1ccc([N+](=O)[O-])c(C(=O)N[C@H](C)C(=O)O)c1. The highest BCUT2D eigenvalue weighted by Crippen LogP contribution is 2.19. The van der Waals surface area contributed by atoms with Crippen molar-refractivity contribution in [2.75, 3.05) is 0 Å². The van der Waals surface area contributed by atoms with Gasteiger partial charge in [-0.15, -0.1) is 0 Å². The molecule has 0 unspecified atom stereocenters. The van der Waals surface area contributed by atoms with Crippen LogP contribution < -0.4 is 5.32 Å². The molecule has 0 radical (unpaired) electrons. The molecule has 7 nitrogen and oxygen atoms in total. The quantitative estimate of drug-likeness (QED) is 0.616. The number of rotatable bonds is 4. The number of hydrogen-bond acceptors (Lipinski definition) is 4. The van der Waals surface area contributed by atoms with E-state index in [1.165, 1.54) is 25.1 Å². The number of amides is 1. The van der Waals surface area contributed by atoms with Gasteiger partial charge in [-0.2, -0.15) is 0 Å². The summed E-state index contributed by atoms with van der Waals surface area (Å²) >= 11 is 0. The zero-order valence-corrected chi connectivity index (χ0v) is 9.84. The lowest BCUT2D eigenvalue weighted by atomic mass is 10.1. The van der Waals surface area contributed by atoms with E-state index < -0.39 is 22.8 Å². The van der Waals surface area contributed by atoms with Crippen LogP contribution in [0, 0.1) is 17.0 Å². The van der Waals surface area contributed by atoms with Crippen LogP contribution in [0.4, 0.5) is 5.69 Å². The lowest BCUT2D eigenvalue weighted by Crippen LogP contribution is -2.38. The minimum atomic E-state index is -1.21. The second-order valence-electron chi connectivity index (χ2n) is 3.81. The Morgan fingerprint density at radius 2 is 2.06 bits per heavy atom. The van der Waals surface area contributed by atoms with Gasteiger partial charge in [-0.1, -0.05) is 6.07 Å². The fourth-order valence-corrected chi connectivity index (χ4v) is 1.33. The van der Waals surface area contributed by atoms with Crippen LogP contribution in [0.25, 0.3) is 0 Å². The maximum atomic E-state index is 11.8. The van der Waals surface area contributed by atoms with Crippen molar-refractivity contribution in [3.63, 3.8) is 0 Å². The minimum absolute atomic E-state index is 0.145. The van der Waals surface area contributed by atoms with Crippen LogP contribution in [0.5, 0.6) is 0 Å². The van der Waals surface area contributed by atoms with E-state index in [-0.39, 0.29) is 11.3 Å². The zero-order valence-electron chi connectivity index (χ0n) is 9.84. The third-order valence-corrected chi connectivity index (χ3v) is 2.31. The molecule has 0 aliphatic carbocycles. The number of nitrogens with zero attached hydrogens (tertiary/aromatic N) is 1. The van der Waals surface area contributed by atoms with Crippen molar-refractivity contribution in [3.8, 4) is 0 Å². The molecule has 1 aromatic rings. The van der Waals surface area contributed by atoms with Crippen LogP contribution in [-0.2, 0) is 4.79 Å². The van der Waals surface area contributed by atoms with Crippen molar-refractivity contribution in [1.82, 2.24) is 5.32 Å². The molecule has 1 rings (SSSR count). The Labute approximate surface area is 103 Å². The van der Waals surface area contributed by atoms with E-state index in [0.717, 1.165) is 0 Å². The smallest absolute Gasteiger partial charge is 0.325 e. The van der Waals surface area contributed by atoms with Gasteiger partial charge < -0.3 is 10.4 Å². The molecular formula is C11H12N2O5. The van der Waals surface area contributed by atoms with E-state index >= 15 is 0 Å². The predicted octanol–water partition coefficient (Wildman–Crippen LogP) is 1.11. The average Bonchev–Trinajstić information content (AvgIpc) is 2.28. The van der Waals surface area contributed by atoms with E-state index in [0.29, 0.717) is 5.56 Å². The van der Waals surface area contributed by atoms with Gasteiger partial charge in [-0.05, 0) is 25.5 Å². The van der Waals surface area contributed by atoms with Gasteiger partial charge in [0.25, 0.3) is 11.6 Å². The lowest BCUT2D eigenvalue weighted by molar-refractivity contribution is -0.385. The number of nitro groups is 1. The van der Waals surface area contributed by atoms with Gasteiger partial charge in [-0.3, -0.25) is 19.7 Å². The summed E-state index contributed by atoms with van der Waals surface area (Å²) in [4.78, 5) is 32.4. The van der Waals surface area contributed by atoms with E-state index in [1.807, 2.05) is 0 Å². The molecular weight excluding hydrogens is 240 g/mol. The van der Waals surface area contributed by atoms with Gasteiger partial charge in [0.2, 0.25) is 0 Å². The Balaban J connectivity index is 3.08. The molecule has 0 heterocycles. The number of carboxylic acid groups (broad SMARTS) is 1. The molecule has 96 valence electrons. The van der Waals surface area contributed by atoms with Crippen LogP contribution in [0.15, 0.2) is 18.2 Å². The number of nitrogens with one attached hydrogen (secondary N) is 1. The summed E-state index contributed by atoms with van der Waals surface area (Å²) in [5, 5.41) is 21.6. The maximum Gasteiger partial charge on any atom is 0.325 e. The van der Waals surface area contributed by atoms with Crippen LogP contribution in [0.2, 0.25) is 0 Å². The summed E-state index contributed by atoms with van der Waals surface area (Å²) in [7, 11) is 0. The van der Waals surface area contributed by atoms with Crippen LogP contribution in [0.3, 0.4) is 0 Å². The third-order valence-electron chi connectivity index (χ3n) is 2.31. The van der Waals surface area contributed by atoms with E-state index in [9.17, 15) is 19.7 Å². The zero-order chi connectivity index (χ0) is 13.9. The predicted molar refractivity (Wildman–Crippen MR) is 62.4 cm³/mol. The van der Waals surface area contributed by atoms with Gasteiger partial charge in [0.15, 0.2) is 0 Å². The number of carbonyl (C=O) groups is 2. The van der Waals surface area contributed by atoms with Crippen LogP contribution >= 0.6 is 0 Å². The Hall–Kier alpha value is -2.44. The number of hydrogen-bond donors (Lipinski definition) is 2. The second kappa shape index (κ2) is 5.26. The van der Waals surface area contributed by atoms with Crippen molar-refractivity contribution in [1.29, 1.82) is 0 Å². The molecule has 0 saturated heterocycles. The monoisotopic (exact) mass is 252 g/mol. The highest BCUT2D eigenvalue weighted by atomic mass is 16.6. The highest BCUT2D eigenvalue weighted by molar-refractivity contribution is 6.00. The number of aliphatic carboxylic acids is 1. The van der Waals surface area contributed by atoms with Gasteiger partial charge in [0.05, 0.1) is 4.92 Å². The summed E-state index contributed by atoms with van der Waals surface area (Å²) < 4.78 is 0. The first-order chi connectivity index (χ1) is 8.32. The van der Waals surface area contributed by atoms with Crippen molar-refractivity contribution in [2.24, 2.45) is 0 Å². The molecule has 1 amide bonds. The van der Waals surface area contributed by atoms with Crippen molar-refractivity contribution >= 4 is 17.6 Å². The Morgan fingerprint density at radius 1 is 1.44 bits per heavy atom. The Morgan fingerprint density at radius 3 is 2.56 bits per heavy atom. The minimum Gasteiger partial charge on any atom is -0.480 e. The van der Waals surface area contributed by atoms with Crippen molar-refractivity contribution < 1.29 is 19.6 Å². The number of nitro benzene ring substituents is 1. The van der Waals surface area contributed by atoms with Crippen molar-refractivity contribution in [3.05, 3.63) is 39.4 Å². The van der Waals surface area contributed by atoms with E-state index in [4.69, 9.17) is 5.11 Å². The molecule has 18 heavy (non-hydrogen) atoms. The molecule has 1 atom stereocenters. The average molecular weight is 252 g/mol. The summed E-state index contributed by atoms with van der Waals surface area (Å²) in [6, 6.07) is 2.96. The first kappa shape index (κ1) is 13.6. The molecule has 1 aromatic carbocycles. The molecule has 7 heteroatoms. The highest BCUT2D eigenvalue weighted by Gasteiger charge is 2.23. The van der Waals surface area contributed by atoms with Crippen LogP contribution in [0.1, 0.15) is 22.8 Å². The summed E-state index contributed by atoms with van der Waals surface area (Å²) in [5.74, 6) is -1.99. The largest absolute Gasteiger partial charge is 0.480 e. The molecule has 0 aliphatic heterocycles. The standard InChI is InChI=1S/C11H12N2O5/c1-6-3-4-9(13(17)18)8(5-6)10(14)12-7(2)11(15)16/h3-5,7H,1-2H3,(H,12,14)(H,15,16)/t7-/m1/s1. The van der Waals surface area contributed by atoms with E-state index in [1.54, 1.807) is 6.92 Å². The second-order valence-corrected chi connectivity index (χ2v) is 3.81. The number of benzene rings is 1. The normalized spacial score (nSPS) is 11.7. The van der Waals surface area contributed by atoms with Gasteiger partial charge >= 0.3 is 5.97 Å². The topological polar surface area (TPSA) is 110 Å². The van der Waals surface area contributed by atoms with Crippen molar-refractivity contribution in [2.45, 2.75) is 19.9 Å². The lowest BCUT2D eigenvalue weighted by Gasteiger charge is -2.09. The summed E-state index contributed by atoms with van der Waals surface area (Å²) in [6.45, 7) is 2.96. The molecule has 0 aromatic heterocycles. The first-order valence-electron chi connectivity index (χ1n) is 5.11. The van der Waals surface area contributed by atoms with Gasteiger partial charge in [-0.25, -0.2) is 0 Å². The Bertz CT molecular complexity index is 512. The fourth-order valence-electron chi connectivity index (χ4n) is 1.33. The van der Waals surface area contributed by atoms with Crippen LogP contribution in [-0.4, -0.2) is 27.9 Å². The molecule has 0 saturated carbocycles. The maximum absolute atomic E-state index is 11.8. The Kier molecular flexibility index (Phi) is 3.98. The molecule has 2 N–H and O–H groups in total. The molecule has 0 bridgehead atoms. The van der Waals surface area contributed by atoms with Gasteiger partial charge in [0.1, 0.15) is 11.6 Å². The number of carbonyl (C=O) groups excluding carboxylic acids is 1. The number of aryl methyl sites for hydroxylation is 1. The third kappa shape index (κ3) is 3.03. The molecule has 0 fully saturated rings. The summed E-state index contributed by atoms with van der Waals surface area (Å²) in [6.07, 6.45) is 0. The fraction of sp³-hybridized carbons (Fsp3) is 0.273. The van der Waals surface area contributed by atoms with Gasteiger partial charge in [0, 0.05) is 6.07 Å². The summed E-state index contributed by atoms with van der Waals surface area (Å²) in [5.41, 5.74) is 0.178. The first-order valence-corrected chi connectivity index (χ1v) is 5.11. The van der Waals surface area contributed by atoms with E-state index in [2.05, 4.69) is 5.32 Å².